The zero-order valence-electron chi connectivity index (χ0n) is 16.6. The molecule has 28 heavy (non-hydrogen) atoms. The molecule has 0 spiro atoms. The molecule has 1 fully saturated rings. The van der Waals surface area contributed by atoms with E-state index in [1.54, 1.807) is 0 Å². The molecule has 150 valence electrons. The lowest BCUT2D eigenvalue weighted by Gasteiger charge is -2.31. The predicted molar refractivity (Wildman–Crippen MR) is 107 cm³/mol. The second-order valence-corrected chi connectivity index (χ2v) is 7.13. The normalized spacial score (nSPS) is 15.9. The number of amides is 1. The van der Waals surface area contributed by atoms with Gasteiger partial charge in [0.1, 0.15) is 5.69 Å². The van der Waals surface area contributed by atoms with Gasteiger partial charge in [-0.3, -0.25) is 14.5 Å². The molecule has 1 unspecified atom stereocenters. The fourth-order valence-corrected chi connectivity index (χ4v) is 3.25. The first kappa shape index (κ1) is 20.2. The van der Waals surface area contributed by atoms with Crippen LogP contribution in [0.3, 0.4) is 0 Å². The van der Waals surface area contributed by atoms with E-state index in [9.17, 15) is 9.59 Å². The molecule has 1 aliphatic heterocycles. The van der Waals surface area contributed by atoms with Gasteiger partial charge in [0.05, 0.1) is 19.3 Å². The summed E-state index contributed by atoms with van der Waals surface area (Å²) < 4.78 is 6.77. The highest BCUT2D eigenvalue weighted by Gasteiger charge is 2.21. The number of rotatable bonds is 7. The first-order valence-electron chi connectivity index (χ1n) is 9.82. The zero-order chi connectivity index (χ0) is 19.9. The van der Waals surface area contributed by atoms with E-state index in [1.807, 2.05) is 38.1 Å². The molecule has 1 saturated heterocycles. The van der Waals surface area contributed by atoms with Crippen LogP contribution >= 0.6 is 0 Å². The maximum atomic E-state index is 12.9. The number of aromatic nitrogens is 2. The Balaban J connectivity index is 1.79. The van der Waals surface area contributed by atoms with Gasteiger partial charge >= 0.3 is 0 Å². The Bertz CT molecular complexity index is 841. The SMILES string of the molecule is CCCn1nc(C(=O)NC(CN2CCOCC2)c2ccc(C)cc2)ccc1=O. The lowest BCUT2D eigenvalue weighted by Crippen LogP contribution is -2.43. The van der Waals surface area contributed by atoms with Gasteiger partial charge in [0.15, 0.2) is 0 Å². The minimum atomic E-state index is -0.274. The molecule has 7 nitrogen and oxygen atoms in total. The molecule has 1 amide bonds. The molecule has 7 heteroatoms. The summed E-state index contributed by atoms with van der Waals surface area (Å²) in [5.41, 5.74) is 2.29. The van der Waals surface area contributed by atoms with Crippen molar-refractivity contribution in [2.24, 2.45) is 0 Å². The summed E-state index contributed by atoms with van der Waals surface area (Å²) in [6.07, 6.45) is 0.779. The Kier molecular flexibility index (Phi) is 6.95. The average Bonchev–Trinajstić information content (AvgIpc) is 2.70. The van der Waals surface area contributed by atoms with Crippen LogP contribution in [-0.4, -0.2) is 53.4 Å². The molecule has 1 aliphatic rings. The van der Waals surface area contributed by atoms with Crippen LogP contribution in [-0.2, 0) is 11.3 Å². The topological polar surface area (TPSA) is 76.5 Å². The molecule has 0 bridgehead atoms. The van der Waals surface area contributed by atoms with Gasteiger partial charge in [-0.05, 0) is 25.0 Å². The summed E-state index contributed by atoms with van der Waals surface area (Å²) in [7, 11) is 0. The number of aryl methyl sites for hydroxylation is 2. The fourth-order valence-electron chi connectivity index (χ4n) is 3.25. The molecule has 0 aliphatic carbocycles. The number of ether oxygens (including phenoxy) is 1. The molecule has 2 aromatic rings. The highest BCUT2D eigenvalue weighted by Crippen LogP contribution is 2.17. The van der Waals surface area contributed by atoms with E-state index in [1.165, 1.54) is 22.4 Å². The second kappa shape index (κ2) is 9.61. The maximum absolute atomic E-state index is 12.9. The first-order valence-corrected chi connectivity index (χ1v) is 9.82. The number of carbonyl (C=O) groups is 1. The van der Waals surface area contributed by atoms with Crippen LogP contribution in [0, 0.1) is 6.92 Å². The van der Waals surface area contributed by atoms with Gasteiger partial charge in [0.2, 0.25) is 0 Å². The summed E-state index contributed by atoms with van der Waals surface area (Å²) in [6, 6.07) is 10.9. The molecular weight excluding hydrogens is 356 g/mol. The molecule has 1 atom stereocenters. The Morgan fingerprint density at radius 2 is 1.89 bits per heavy atom. The number of hydrogen-bond acceptors (Lipinski definition) is 5. The van der Waals surface area contributed by atoms with Crippen LogP contribution in [0.4, 0.5) is 0 Å². The van der Waals surface area contributed by atoms with E-state index >= 15 is 0 Å². The van der Waals surface area contributed by atoms with Gasteiger partial charge in [-0.2, -0.15) is 5.10 Å². The zero-order valence-corrected chi connectivity index (χ0v) is 16.6. The van der Waals surface area contributed by atoms with E-state index < -0.39 is 0 Å². The first-order chi connectivity index (χ1) is 13.6. The maximum Gasteiger partial charge on any atom is 0.272 e. The van der Waals surface area contributed by atoms with Gasteiger partial charge in [-0.15, -0.1) is 0 Å². The van der Waals surface area contributed by atoms with E-state index in [4.69, 9.17) is 4.74 Å². The van der Waals surface area contributed by atoms with Crippen molar-refractivity contribution >= 4 is 5.91 Å². The highest BCUT2D eigenvalue weighted by molar-refractivity contribution is 5.92. The molecule has 1 aromatic heterocycles. The van der Waals surface area contributed by atoms with Crippen LogP contribution in [0.5, 0.6) is 0 Å². The third-order valence-electron chi connectivity index (χ3n) is 4.86. The monoisotopic (exact) mass is 384 g/mol. The van der Waals surface area contributed by atoms with Crippen molar-refractivity contribution in [1.82, 2.24) is 20.0 Å². The third-order valence-corrected chi connectivity index (χ3v) is 4.86. The number of nitrogens with zero attached hydrogens (tertiary/aromatic N) is 3. The number of nitrogens with one attached hydrogen (secondary N) is 1. The van der Waals surface area contributed by atoms with Crippen LogP contribution in [0.2, 0.25) is 0 Å². The average molecular weight is 384 g/mol. The van der Waals surface area contributed by atoms with Gasteiger partial charge in [0.25, 0.3) is 11.5 Å². The summed E-state index contributed by atoms with van der Waals surface area (Å²) >= 11 is 0. The van der Waals surface area contributed by atoms with Crippen molar-refractivity contribution in [3.05, 3.63) is 63.6 Å². The number of benzene rings is 1. The van der Waals surface area contributed by atoms with Crippen LogP contribution < -0.4 is 10.9 Å². The Labute approximate surface area is 165 Å². The van der Waals surface area contributed by atoms with Crippen molar-refractivity contribution in [3.63, 3.8) is 0 Å². The quantitative estimate of drug-likeness (QED) is 0.787. The predicted octanol–water partition coefficient (Wildman–Crippen LogP) is 1.77. The molecular formula is C21H28N4O3. The Morgan fingerprint density at radius 1 is 1.18 bits per heavy atom. The number of morpholine rings is 1. The van der Waals surface area contributed by atoms with Crippen LogP contribution in [0.25, 0.3) is 0 Å². The minimum absolute atomic E-state index is 0.167. The van der Waals surface area contributed by atoms with Gasteiger partial charge in [-0.1, -0.05) is 36.8 Å². The van der Waals surface area contributed by atoms with E-state index in [0.29, 0.717) is 26.3 Å². The van der Waals surface area contributed by atoms with Gasteiger partial charge < -0.3 is 10.1 Å². The Morgan fingerprint density at radius 3 is 2.57 bits per heavy atom. The summed E-state index contributed by atoms with van der Waals surface area (Å²) in [6.45, 7) is 8.31. The molecule has 1 N–H and O–H groups in total. The van der Waals surface area contributed by atoms with Crippen LogP contribution in [0.15, 0.2) is 41.2 Å². The number of hydrogen-bond donors (Lipinski definition) is 1. The van der Waals surface area contributed by atoms with Crippen LogP contribution in [0.1, 0.15) is 41.0 Å². The fraction of sp³-hybridized carbons (Fsp3) is 0.476. The highest BCUT2D eigenvalue weighted by atomic mass is 16.5. The van der Waals surface area contributed by atoms with Crippen molar-refractivity contribution in [2.75, 3.05) is 32.8 Å². The van der Waals surface area contributed by atoms with Crippen molar-refractivity contribution in [3.8, 4) is 0 Å². The van der Waals surface area contributed by atoms with Gasteiger partial charge in [-0.25, -0.2) is 4.68 Å². The third kappa shape index (κ3) is 5.27. The van der Waals surface area contributed by atoms with E-state index in [2.05, 4.69) is 15.3 Å². The molecule has 2 heterocycles. The minimum Gasteiger partial charge on any atom is -0.379 e. The summed E-state index contributed by atoms with van der Waals surface area (Å²) in [5.74, 6) is -0.274. The number of carbonyl (C=O) groups excluding carboxylic acids is 1. The van der Waals surface area contributed by atoms with Crippen molar-refractivity contribution in [2.45, 2.75) is 32.9 Å². The lowest BCUT2D eigenvalue weighted by atomic mass is 10.0. The van der Waals surface area contributed by atoms with Crippen molar-refractivity contribution < 1.29 is 9.53 Å². The largest absolute Gasteiger partial charge is 0.379 e. The molecule has 0 saturated carbocycles. The molecule has 3 rings (SSSR count). The summed E-state index contributed by atoms with van der Waals surface area (Å²) in [4.78, 5) is 27.0. The second-order valence-electron chi connectivity index (χ2n) is 7.13. The molecule has 0 radical (unpaired) electrons. The smallest absolute Gasteiger partial charge is 0.272 e. The van der Waals surface area contributed by atoms with E-state index in [0.717, 1.165) is 25.1 Å². The lowest BCUT2D eigenvalue weighted by molar-refractivity contribution is 0.0332. The van der Waals surface area contributed by atoms with Crippen molar-refractivity contribution in [1.29, 1.82) is 0 Å². The Hall–Kier alpha value is -2.51. The standard InChI is InChI=1S/C21H28N4O3/c1-3-10-25-20(26)9-8-18(23-25)21(27)22-19(15-24-11-13-28-14-12-24)17-6-4-16(2)5-7-17/h4-9,19H,3,10-15H2,1-2H3,(H,22,27). The molecule has 1 aromatic carbocycles. The summed E-state index contributed by atoms with van der Waals surface area (Å²) in [5, 5.41) is 7.33. The van der Waals surface area contributed by atoms with E-state index in [-0.39, 0.29) is 23.2 Å². The van der Waals surface area contributed by atoms with Gasteiger partial charge in [0, 0.05) is 32.2 Å².